The van der Waals surface area contributed by atoms with Crippen molar-refractivity contribution in [2.24, 2.45) is 0 Å². The van der Waals surface area contributed by atoms with Gasteiger partial charge >= 0.3 is 0 Å². The van der Waals surface area contributed by atoms with Crippen LogP contribution in [0.3, 0.4) is 0 Å². The first-order valence-electron chi connectivity index (χ1n) is 8.06. The fourth-order valence-electron chi connectivity index (χ4n) is 2.52. The fourth-order valence-corrected chi connectivity index (χ4v) is 2.52. The number of amides is 1. The number of carbonyl (C=O) groups is 1. The van der Waals surface area contributed by atoms with E-state index in [1.807, 2.05) is 63.2 Å². The first kappa shape index (κ1) is 16.6. The van der Waals surface area contributed by atoms with Crippen molar-refractivity contribution in [2.45, 2.75) is 20.8 Å². The molecule has 0 aliphatic heterocycles. The Kier molecular flexibility index (Phi) is 4.75. The lowest BCUT2D eigenvalue weighted by atomic mass is 10.1. The second-order valence-electron chi connectivity index (χ2n) is 6.00. The summed E-state index contributed by atoms with van der Waals surface area (Å²) in [6.07, 6.45) is 1.39. The highest BCUT2D eigenvalue weighted by Gasteiger charge is 2.12. The first-order chi connectivity index (χ1) is 12.0. The van der Waals surface area contributed by atoms with E-state index in [9.17, 15) is 4.79 Å². The lowest BCUT2D eigenvalue weighted by Gasteiger charge is -2.11. The number of hydrogen-bond acceptors (Lipinski definition) is 4. The summed E-state index contributed by atoms with van der Waals surface area (Å²) in [5.41, 5.74) is 5.25. The van der Waals surface area contributed by atoms with Gasteiger partial charge in [0.15, 0.2) is 0 Å². The van der Waals surface area contributed by atoms with Crippen LogP contribution in [0.25, 0.3) is 0 Å². The van der Waals surface area contributed by atoms with Crippen molar-refractivity contribution in [2.75, 3.05) is 10.6 Å². The minimum Gasteiger partial charge on any atom is -0.340 e. The normalized spacial score (nSPS) is 10.4. The number of carbonyl (C=O) groups excluding carboxylic acids is 1. The van der Waals surface area contributed by atoms with E-state index < -0.39 is 0 Å². The van der Waals surface area contributed by atoms with Crippen LogP contribution in [0.15, 0.2) is 54.9 Å². The summed E-state index contributed by atoms with van der Waals surface area (Å²) in [6, 6.07) is 15.5. The summed E-state index contributed by atoms with van der Waals surface area (Å²) in [5.74, 6) is 0.317. The van der Waals surface area contributed by atoms with Gasteiger partial charge in [0.05, 0.1) is 0 Å². The monoisotopic (exact) mass is 332 g/mol. The Morgan fingerprint density at radius 2 is 1.60 bits per heavy atom. The molecule has 25 heavy (non-hydrogen) atoms. The van der Waals surface area contributed by atoms with Crippen LogP contribution in [-0.4, -0.2) is 15.9 Å². The summed E-state index contributed by atoms with van der Waals surface area (Å²) in [7, 11) is 0. The summed E-state index contributed by atoms with van der Waals surface area (Å²) in [5, 5.41) is 6.12. The quantitative estimate of drug-likeness (QED) is 0.743. The zero-order valence-corrected chi connectivity index (χ0v) is 14.5. The number of anilines is 3. The van der Waals surface area contributed by atoms with Crippen LogP contribution in [0.4, 0.5) is 17.2 Å². The van der Waals surface area contributed by atoms with E-state index >= 15 is 0 Å². The van der Waals surface area contributed by atoms with Gasteiger partial charge in [-0.2, -0.15) is 0 Å². The molecule has 3 aromatic rings. The fraction of sp³-hybridized carbons (Fsp3) is 0.150. The zero-order valence-electron chi connectivity index (χ0n) is 14.5. The van der Waals surface area contributed by atoms with Gasteiger partial charge in [-0.15, -0.1) is 0 Å². The van der Waals surface area contributed by atoms with Crippen molar-refractivity contribution in [3.8, 4) is 0 Å². The van der Waals surface area contributed by atoms with Crippen LogP contribution < -0.4 is 10.6 Å². The number of nitrogens with one attached hydrogen (secondary N) is 2. The molecule has 0 bridgehead atoms. The number of benzene rings is 2. The molecule has 126 valence electrons. The van der Waals surface area contributed by atoms with Gasteiger partial charge in [-0.3, -0.25) is 4.79 Å². The van der Waals surface area contributed by atoms with Gasteiger partial charge in [0.1, 0.15) is 17.8 Å². The van der Waals surface area contributed by atoms with Crippen LogP contribution in [0.5, 0.6) is 0 Å². The molecular formula is C20H20N4O. The Morgan fingerprint density at radius 3 is 2.28 bits per heavy atom. The summed E-state index contributed by atoms with van der Waals surface area (Å²) in [4.78, 5) is 20.8. The Labute approximate surface area is 147 Å². The molecule has 0 aliphatic rings. The van der Waals surface area contributed by atoms with E-state index in [0.717, 1.165) is 22.5 Å². The van der Waals surface area contributed by atoms with Gasteiger partial charge < -0.3 is 10.6 Å². The molecule has 0 aliphatic carbocycles. The molecule has 0 spiro atoms. The van der Waals surface area contributed by atoms with Gasteiger partial charge in [0.2, 0.25) is 0 Å². The molecule has 0 unspecified atom stereocenters. The molecule has 5 heteroatoms. The van der Waals surface area contributed by atoms with Crippen molar-refractivity contribution >= 4 is 23.1 Å². The van der Waals surface area contributed by atoms with Gasteiger partial charge in [0, 0.05) is 17.4 Å². The van der Waals surface area contributed by atoms with Crippen molar-refractivity contribution < 1.29 is 4.79 Å². The standard InChI is InChI=1S/C20H20N4O/c1-13-7-9-16(10-8-13)23-18-11-17(21-12-22-18)20(25)24-19-14(2)5-4-6-15(19)3/h4-12H,1-3H3,(H,24,25)(H,21,22,23). The Hall–Kier alpha value is -3.21. The minimum atomic E-state index is -0.258. The summed E-state index contributed by atoms with van der Waals surface area (Å²) in [6.45, 7) is 5.96. The Bertz CT molecular complexity index is 884. The lowest BCUT2D eigenvalue weighted by molar-refractivity contribution is 0.102. The number of nitrogens with zero attached hydrogens (tertiary/aromatic N) is 2. The predicted molar refractivity (Wildman–Crippen MR) is 100 cm³/mol. The van der Waals surface area contributed by atoms with Crippen LogP contribution >= 0.6 is 0 Å². The second kappa shape index (κ2) is 7.13. The van der Waals surface area contributed by atoms with Crippen molar-refractivity contribution in [1.82, 2.24) is 9.97 Å². The van der Waals surface area contributed by atoms with E-state index in [4.69, 9.17) is 0 Å². The second-order valence-corrected chi connectivity index (χ2v) is 6.00. The van der Waals surface area contributed by atoms with E-state index in [-0.39, 0.29) is 5.91 Å². The van der Waals surface area contributed by atoms with Gasteiger partial charge in [-0.05, 0) is 44.0 Å². The van der Waals surface area contributed by atoms with Crippen LogP contribution in [-0.2, 0) is 0 Å². The average Bonchev–Trinajstić information content (AvgIpc) is 2.60. The highest BCUT2D eigenvalue weighted by atomic mass is 16.1. The molecular weight excluding hydrogens is 312 g/mol. The molecule has 1 aromatic heterocycles. The van der Waals surface area contributed by atoms with E-state index in [0.29, 0.717) is 11.5 Å². The van der Waals surface area contributed by atoms with Gasteiger partial charge in [-0.25, -0.2) is 9.97 Å². The number of aryl methyl sites for hydroxylation is 3. The first-order valence-corrected chi connectivity index (χ1v) is 8.06. The van der Waals surface area contributed by atoms with Crippen LogP contribution in [0, 0.1) is 20.8 Å². The maximum Gasteiger partial charge on any atom is 0.274 e. The molecule has 0 radical (unpaired) electrons. The molecule has 2 aromatic carbocycles. The molecule has 0 saturated carbocycles. The van der Waals surface area contributed by atoms with Crippen molar-refractivity contribution in [3.05, 3.63) is 77.2 Å². The maximum absolute atomic E-state index is 12.5. The maximum atomic E-state index is 12.5. The molecule has 5 nitrogen and oxygen atoms in total. The summed E-state index contributed by atoms with van der Waals surface area (Å²) >= 11 is 0. The number of rotatable bonds is 4. The highest BCUT2D eigenvalue weighted by Crippen LogP contribution is 2.21. The average molecular weight is 332 g/mol. The minimum absolute atomic E-state index is 0.258. The van der Waals surface area contributed by atoms with Crippen molar-refractivity contribution in [1.29, 1.82) is 0 Å². The third kappa shape index (κ3) is 4.01. The molecule has 0 fully saturated rings. The number of hydrogen-bond donors (Lipinski definition) is 2. The molecule has 1 heterocycles. The predicted octanol–water partition coefficient (Wildman–Crippen LogP) is 4.40. The van der Waals surface area contributed by atoms with E-state index in [1.165, 1.54) is 11.9 Å². The van der Waals surface area contributed by atoms with Gasteiger partial charge in [-0.1, -0.05) is 35.9 Å². The zero-order chi connectivity index (χ0) is 17.8. The van der Waals surface area contributed by atoms with E-state index in [1.54, 1.807) is 6.07 Å². The lowest BCUT2D eigenvalue weighted by Crippen LogP contribution is -2.15. The third-order valence-electron chi connectivity index (χ3n) is 3.94. The topological polar surface area (TPSA) is 66.9 Å². The van der Waals surface area contributed by atoms with Crippen LogP contribution in [0.1, 0.15) is 27.2 Å². The number of aromatic nitrogens is 2. The van der Waals surface area contributed by atoms with Crippen LogP contribution in [0.2, 0.25) is 0 Å². The smallest absolute Gasteiger partial charge is 0.274 e. The molecule has 1 amide bonds. The third-order valence-corrected chi connectivity index (χ3v) is 3.94. The largest absolute Gasteiger partial charge is 0.340 e. The van der Waals surface area contributed by atoms with Crippen molar-refractivity contribution in [3.63, 3.8) is 0 Å². The Morgan fingerprint density at radius 1 is 0.920 bits per heavy atom. The molecule has 0 atom stereocenters. The molecule has 3 rings (SSSR count). The summed E-state index contributed by atoms with van der Waals surface area (Å²) < 4.78 is 0. The molecule has 0 saturated heterocycles. The number of para-hydroxylation sites is 1. The Balaban J connectivity index is 1.78. The van der Waals surface area contributed by atoms with E-state index in [2.05, 4.69) is 20.6 Å². The SMILES string of the molecule is Cc1ccc(Nc2cc(C(=O)Nc3c(C)cccc3C)ncn2)cc1. The highest BCUT2D eigenvalue weighted by molar-refractivity contribution is 6.04. The molecule has 2 N–H and O–H groups in total. The van der Waals surface area contributed by atoms with Gasteiger partial charge in [0.25, 0.3) is 5.91 Å².